The first kappa shape index (κ1) is 20.6. The van der Waals surface area contributed by atoms with Crippen molar-refractivity contribution >= 4 is 10.8 Å². The first-order valence-corrected chi connectivity index (χ1v) is 10.5. The topological polar surface area (TPSA) is 66.4 Å². The lowest BCUT2D eigenvalue weighted by Gasteiger charge is -2.47. The maximum absolute atomic E-state index is 10.9. The third kappa shape index (κ3) is 4.23. The van der Waals surface area contributed by atoms with Crippen LogP contribution in [-0.2, 0) is 30.3 Å². The van der Waals surface area contributed by atoms with Crippen molar-refractivity contribution in [2.45, 2.75) is 43.6 Å². The van der Waals surface area contributed by atoms with Crippen molar-refractivity contribution in [3.8, 4) is 0 Å². The molecule has 162 valence electrons. The highest BCUT2D eigenvalue weighted by Gasteiger charge is 2.50. The number of benzene rings is 3. The van der Waals surface area contributed by atoms with E-state index in [0.29, 0.717) is 13.2 Å². The van der Waals surface area contributed by atoms with Crippen LogP contribution in [0.15, 0.2) is 72.8 Å². The molecule has 0 aliphatic carbocycles. The van der Waals surface area contributed by atoms with Crippen LogP contribution in [-0.4, -0.2) is 49.5 Å². The summed E-state index contributed by atoms with van der Waals surface area (Å²) < 4.78 is 29.5. The van der Waals surface area contributed by atoms with Crippen LogP contribution in [0.25, 0.3) is 10.8 Å². The quantitative estimate of drug-likeness (QED) is 0.678. The number of hydrogen-bond donors (Lipinski definition) is 1. The van der Waals surface area contributed by atoms with Gasteiger partial charge in [-0.05, 0) is 22.4 Å². The molecule has 2 fully saturated rings. The van der Waals surface area contributed by atoms with Crippen molar-refractivity contribution in [3.63, 3.8) is 0 Å². The van der Waals surface area contributed by atoms with E-state index < -0.39 is 37.0 Å². The summed E-state index contributed by atoms with van der Waals surface area (Å²) in [6.45, 7) is 0.666. The summed E-state index contributed by atoms with van der Waals surface area (Å²) in [5, 5.41) is 13.2. The Morgan fingerprint density at radius 1 is 0.935 bits per heavy atom. The second-order valence-corrected chi connectivity index (χ2v) is 7.90. The SMILES string of the molecule is CO[C@H]1O[C@@H]2COC(c3ccccc3)O[C@H]2[C@H](OCc2ccc3ccccc3c2)[C@H]1O. The van der Waals surface area contributed by atoms with Crippen LogP contribution in [0.3, 0.4) is 0 Å². The summed E-state index contributed by atoms with van der Waals surface area (Å²) in [6.07, 6.45) is -3.82. The molecule has 6 atom stereocenters. The van der Waals surface area contributed by atoms with Crippen LogP contribution in [0.4, 0.5) is 0 Å². The Balaban J connectivity index is 1.35. The first-order valence-electron chi connectivity index (χ1n) is 10.5. The monoisotopic (exact) mass is 422 g/mol. The van der Waals surface area contributed by atoms with E-state index in [-0.39, 0.29) is 0 Å². The average molecular weight is 422 g/mol. The van der Waals surface area contributed by atoms with Crippen molar-refractivity contribution in [2.75, 3.05) is 13.7 Å². The molecule has 2 aliphatic rings. The Hall–Kier alpha value is -2.32. The van der Waals surface area contributed by atoms with Gasteiger partial charge in [0, 0.05) is 12.7 Å². The minimum atomic E-state index is -0.985. The van der Waals surface area contributed by atoms with Gasteiger partial charge in [-0.1, -0.05) is 66.7 Å². The Bertz CT molecular complexity index is 1010. The normalized spacial score (nSPS) is 30.8. The fraction of sp³-hybridized carbons (Fsp3) is 0.360. The van der Waals surface area contributed by atoms with E-state index in [1.165, 1.54) is 12.5 Å². The van der Waals surface area contributed by atoms with Gasteiger partial charge in [0.15, 0.2) is 12.6 Å². The molecule has 2 heterocycles. The predicted molar refractivity (Wildman–Crippen MR) is 114 cm³/mol. The Morgan fingerprint density at radius 2 is 1.71 bits per heavy atom. The molecule has 1 N–H and O–H groups in total. The standard InChI is InChI=1S/C25H26O6/c1-27-25-21(26)23(28-14-16-11-12-17-7-5-6-10-19(17)13-16)22-20(30-25)15-29-24(31-22)18-8-3-2-4-9-18/h2-13,20-26H,14-15H2,1H3/t20-,21-,22-,23-,24?,25+/m1/s1. The van der Waals surface area contributed by atoms with Gasteiger partial charge in [0.2, 0.25) is 0 Å². The fourth-order valence-electron chi connectivity index (χ4n) is 4.25. The van der Waals surface area contributed by atoms with Crippen molar-refractivity contribution < 1.29 is 28.8 Å². The first-order chi connectivity index (χ1) is 15.2. The van der Waals surface area contributed by atoms with E-state index in [1.54, 1.807) is 0 Å². The largest absolute Gasteiger partial charge is 0.385 e. The van der Waals surface area contributed by atoms with Crippen LogP contribution < -0.4 is 0 Å². The number of methoxy groups -OCH3 is 1. The molecule has 0 amide bonds. The van der Waals surface area contributed by atoms with Gasteiger partial charge in [0.1, 0.15) is 24.4 Å². The van der Waals surface area contributed by atoms with E-state index in [9.17, 15) is 5.11 Å². The van der Waals surface area contributed by atoms with E-state index in [4.69, 9.17) is 23.7 Å². The smallest absolute Gasteiger partial charge is 0.186 e. The highest BCUT2D eigenvalue weighted by molar-refractivity contribution is 5.82. The number of fused-ring (bicyclic) bond motifs is 2. The van der Waals surface area contributed by atoms with Gasteiger partial charge in [0.25, 0.3) is 0 Å². The molecule has 6 heteroatoms. The maximum atomic E-state index is 10.9. The van der Waals surface area contributed by atoms with Crippen LogP contribution >= 0.6 is 0 Å². The molecule has 2 saturated heterocycles. The van der Waals surface area contributed by atoms with Crippen LogP contribution in [0.1, 0.15) is 17.4 Å². The molecule has 0 spiro atoms. The zero-order chi connectivity index (χ0) is 21.2. The highest BCUT2D eigenvalue weighted by atomic mass is 16.8. The van der Waals surface area contributed by atoms with Crippen LogP contribution in [0.2, 0.25) is 0 Å². The van der Waals surface area contributed by atoms with Crippen LogP contribution in [0, 0.1) is 0 Å². The van der Waals surface area contributed by atoms with Crippen molar-refractivity contribution in [2.24, 2.45) is 0 Å². The fourth-order valence-corrected chi connectivity index (χ4v) is 4.25. The molecule has 31 heavy (non-hydrogen) atoms. The molecule has 1 unspecified atom stereocenters. The zero-order valence-corrected chi connectivity index (χ0v) is 17.3. The van der Waals surface area contributed by atoms with Gasteiger partial charge in [0.05, 0.1) is 13.2 Å². The van der Waals surface area contributed by atoms with Gasteiger partial charge in [-0.3, -0.25) is 0 Å². The van der Waals surface area contributed by atoms with Crippen molar-refractivity contribution in [1.82, 2.24) is 0 Å². The Kier molecular flexibility index (Phi) is 6.00. The van der Waals surface area contributed by atoms with Crippen molar-refractivity contribution in [1.29, 1.82) is 0 Å². The summed E-state index contributed by atoms with van der Waals surface area (Å²) in [5.74, 6) is 0. The zero-order valence-electron chi connectivity index (χ0n) is 17.3. The molecule has 0 saturated carbocycles. The molecule has 5 rings (SSSR count). The third-order valence-corrected chi connectivity index (χ3v) is 5.87. The van der Waals surface area contributed by atoms with Crippen molar-refractivity contribution in [3.05, 3.63) is 83.9 Å². The summed E-state index contributed by atoms with van der Waals surface area (Å²) >= 11 is 0. The number of aliphatic hydroxyl groups is 1. The molecule has 3 aromatic rings. The van der Waals surface area contributed by atoms with E-state index >= 15 is 0 Å². The predicted octanol–water partition coefficient (Wildman–Crippen LogP) is 3.57. The van der Waals surface area contributed by atoms with Gasteiger partial charge in [-0.2, -0.15) is 0 Å². The number of rotatable bonds is 5. The summed E-state index contributed by atoms with van der Waals surface area (Å²) in [7, 11) is 1.51. The minimum absolute atomic E-state index is 0.326. The number of ether oxygens (including phenoxy) is 5. The average Bonchev–Trinajstić information content (AvgIpc) is 2.83. The molecule has 2 aliphatic heterocycles. The summed E-state index contributed by atoms with van der Waals surface area (Å²) in [4.78, 5) is 0. The second kappa shape index (κ2) is 9.04. The number of hydrogen-bond acceptors (Lipinski definition) is 6. The van der Waals surface area contributed by atoms with E-state index in [0.717, 1.165) is 16.5 Å². The molecular weight excluding hydrogens is 396 g/mol. The molecule has 3 aromatic carbocycles. The summed E-state index contributed by atoms with van der Waals surface area (Å²) in [5.41, 5.74) is 1.94. The lowest BCUT2D eigenvalue weighted by atomic mass is 9.97. The minimum Gasteiger partial charge on any atom is -0.385 e. The molecule has 6 nitrogen and oxygen atoms in total. The van der Waals surface area contributed by atoms with Gasteiger partial charge in [-0.25, -0.2) is 0 Å². The molecule has 0 aromatic heterocycles. The third-order valence-electron chi connectivity index (χ3n) is 5.87. The molecule has 0 radical (unpaired) electrons. The lowest BCUT2D eigenvalue weighted by Crippen LogP contribution is -2.62. The second-order valence-electron chi connectivity index (χ2n) is 7.90. The maximum Gasteiger partial charge on any atom is 0.186 e. The van der Waals surface area contributed by atoms with E-state index in [1.807, 2.05) is 48.5 Å². The molecular formula is C25H26O6. The highest BCUT2D eigenvalue weighted by Crippen LogP contribution is 2.35. The Labute approximate surface area is 181 Å². The van der Waals surface area contributed by atoms with Gasteiger partial charge in [-0.15, -0.1) is 0 Å². The van der Waals surface area contributed by atoms with Crippen LogP contribution in [0.5, 0.6) is 0 Å². The van der Waals surface area contributed by atoms with Gasteiger partial charge >= 0.3 is 0 Å². The summed E-state index contributed by atoms with van der Waals surface area (Å²) in [6, 6.07) is 24.1. The number of aliphatic hydroxyl groups excluding tert-OH is 1. The lowest BCUT2D eigenvalue weighted by molar-refractivity contribution is -0.363. The van der Waals surface area contributed by atoms with E-state index in [2.05, 4.69) is 24.3 Å². The van der Waals surface area contributed by atoms with Gasteiger partial charge < -0.3 is 28.8 Å². The molecule has 0 bridgehead atoms. The Morgan fingerprint density at radius 3 is 2.52 bits per heavy atom.